The lowest BCUT2D eigenvalue weighted by atomic mass is 9.84. The van der Waals surface area contributed by atoms with E-state index in [0.717, 1.165) is 11.8 Å². The minimum absolute atomic E-state index is 0.833. The Kier molecular flexibility index (Phi) is 30.0. The topological polar surface area (TPSA) is 0 Å². The van der Waals surface area contributed by atoms with E-state index in [1.54, 1.807) is 0 Å². The van der Waals surface area contributed by atoms with Gasteiger partial charge in [-0.05, 0) is 11.8 Å². The number of hydrogen-bond donors (Lipinski definition) is 0. The van der Waals surface area contributed by atoms with Gasteiger partial charge in [0, 0.05) is 0 Å². The monoisotopic (exact) mass is 286 g/mol. The van der Waals surface area contributed by atoms with Gasteiger partial charge in [0.25, 0.3) is 0 Å². The van der Waals surface area contributed by atoms with E-state index in [1.807, 2.05) is 13.8 Å². The summed E-state index contributed by atoms with van der Waals surface area (Å²) in [4.78, 5) is 0. The van der Waals surface area contributed by atoms with Crippen molar-refractivity contribution in [1.29, 1.82) is 0 Å². The van der Waals surface area contributed by atoms with Crippen molar-refractivity contribution in [1.82, 2.24) is 0 Å². The van der Waals surface area contributed by atoms with Crippen LogP contribution in [0, 0.1) is 11.8 Å². The minimum Gasteiger partial charge on any atom is -0.0683 e. The third-order valence-electron chi connectivity index (χ3n) is 3.30. The van der Waals surface area contributed by atoms with Crippen LogP contribution in [0.2, 0.25) is 0 Å². The summed E-state index contributed by atoms with van der Waals surface area (Å²) < 4.78 is 0. The average molecular weight is 287 g/mol. The molecule has 0 aromatic heterocycles. The third-order valence-corrected chi connectivity index (χ3v) is 3.30. The van der Waals surface area contributed by atoms with E-state index in [9.17, 15) is 0 Å². The quantitative estimate of drug-likeness (QED) is 0.479. The second kappa shape index (κ2) is 24.0. The maximum Gasteiger partial charge on any atom is -0.0417 e. The van der Waals surface area contributed by atoms with Crippen molar-refractivity contribution in [3.8, 4) is 0 Å². The summed E-state index contributed by atoms with van der Waals surface area (Å²) in [7, 11) is 0. The molecule has 2 aliphatic carbocycles. The summed E-state index contributed by atoms with van der Waals surface area (Å²) in [5.41, 5.74) is 0. The van der Waals surface area contributed by atoms with Crippen molar-refractivity contribution in [2.75, 3.05) is 0 Å². The van der Waals surface area contributed by atoms with Gasteiger partial charge in [0.1, 0.15) is 0 Å². The smallest absolute Gasteiger partial charge is 0.0417 e. The first-order valence-electron chi connectivity index (χ1n) is 9.58. The third kappa shape index (κ3) is 30.8. The summed E-state index contributed by atoms with van der Waals surface area (Å²) >= 11 is 0. The lowest BCUT2D eigenvalue weighted by Crippen LogP contribution is -2.08. The Hall–Kier alpha value is 0. The molecule has 0 amide bonds. The van der Waals surface area contributed by atoms with E-state index in [2.05, 4.69) is 41.5 Å². The van der Waals surface area contributed by atoms with Crippen molar-refractivity contribution >= 4 is 0 Å². The van der Waals surface area contributed by atoms with Crippen LogP contribution in [0.15, 0.2) is 0 Å². The van der Waals surface area contributed by atoms with Crippen molar-refractivity contribution in [2.24, 2.45) is 11.8 Å². The minimum atomic E-state index is 0.833. The molecule has 0 aliphatic heterocycles. The standard InChI is InChI=1S/C6H12.C4H8.2C4H10.C2H6/c1-2-6-4-3-5-6;1-2-4-3-1;1-4(2)3;1-3-4-2;1-2/h6H,2-5H2,1H3;1-4H2;4H,1-3H3;3-4H2,1-2H3;1-2H3. The highest BCUT2D eigenvalue weighted by Gasteiger charge is 2.13. The van der Waals surface area contributed by atoms with Gasteiger partial charge in [-0.15, -0.1) is 0 Å². The van der Waals surface area contributed by atoms with Crippen LogP contribution >= 0.6 is 0 Å². The highest BCUT2D eigenvalue weighted by atomic mass is 14.2. The van der Waals surface area contributed by atoms with Crippen molar-refractivity contribution < 1.29 is 0 Å². The maximum atomic E-state index is 2.28. The van der Waals surface area contributed by atoms with Crippen LogP contribution in [0.25, 0.3) is 0 Å². The lowest BCUT2D eigenvalue weighted by molar-refractivity contribution is 0.307. The molecule has 0 heterocycles. The molecule has 0 N–H and O–H groups in total. The van der Waals surface area contributed by atoms with Gasteiger partial charge in [-0.1, -0.05) is 120 Å². The molecule has 0 aromatic rings. The second-order valence-corrected chi connectivity index (χ2v) is 6.35. The van der Waals surface area contributed by atoms with Crippen LogP contribution in [0.4, 0.5) is 0 Å². The Bertz CT molecular complexity index is 106. The van der Waals surface area contributed by atoms with Crippen LogP contribution in [-0.4, -0.2) is 0 Å². The first-order valence-corrected chi connectivity index (χ1v) is 9.58. The number of rotatable bonds is 2. The molecule has 0 bridgehead atoms. The second-order valence-electron chi connectivity index (χ2n) is 6.35. The predicted molar refractivity (Wildman–Crippen MR) is 98.5 cm³/mol. The lowest BCUT2D eigenvalue weighted by Gasteiger charge is -2.22. The van der Waals surface area contributed by atoms with E-state index < -0.39 is 0 Å². The fourth-order valence-corrected chi connectivity index (χ4v) is 1.15. The molecule has 126 valence electrons. The van der Waals surface area contributed by atoms with Gasteiger partial charge in [-0.2, -0.15) is 0 Å². The zero-order valence-electron chi connectivity index (χ0n) is 16.2. The highest BCUT2D eigenvalue weighted by molar-refractivity contribution is 4.66. The molecular weight excluding hydrogens is 240 g/mol. The number of unbranched alkanes of at least 4 members (excludes halogenated alkanes) is 1. The van der Waals surface area contributed by atoms with Gasteiger partial charge in [0.2, 0.25) is 0 Å². The summed E-state index contributed by atoms with van der Waals surface area (Å²) in [6.07, 6.45) is 14.6. The van der Waals surface area contributed by atoms with Crippen LogP contribution in [0.3, 0.4) is 0 Å². The first-order chi connectivity index (χ1) is 9.58. The predicted octanol–water partition coefficient (Wildman–Crippen LogP) is 8.25. The molecule has 0 atom stereocenters. The molecule has 2 fully saturated rings. The summed E-state index contributed by atoms with van der Waals surface area (Å²) in [6, 6.07) is 0. The SMILES string of the molecule is C1CCC1.CC.CC(C)C.CCC1CCC1.CCCC. The fraction of sp³-hybridized carbons (Fsp3) is 1.00. The Morgan fingerprint density at radius 2 is 1.00 bits per heavy atom. The van der Waals surface area contributed by atoms with Gasteiger partial charge in [0.15, 0.2) is 0 Å². The van der Waals surface area contributed by atoms with E-state index in [1.165, 1.54) is 64.2 Å². The molecule has 20 heavy (non-hydrogen) atoms. The molecule has 0 heteroatoms. The summed E-state index contributed by atoms with van der Waals surface area (Å²) in [5, 5.41) is 0. The Morgan fingerprint density at radius 3 is 1.00 bits per heavy atom. The van der Waals surface area contributed by atoms with Gasteiger partial charge >= 0.3 is 0 Å². The average Bonchev–Trinajstić information content (AvgIpc) is 2.28. The van der Waals surface area contributed by atoms with E-state index in [-0.39, 0.29) is 0 Å². The molecule has 0 radical (unpaired) electrons. The Labute approximate surface area is 132 Å². The van der Waals surface area contributed by atoms with Crippen LogP contribution in [-0.2, 0) is 0 Å². The highest BCUT2D eigenvalue weighted by Crippen LogP contribution is 2.28. The van der Waals surface area contributed by atoms with E-state index >= 15 is 0 Å². The summed E-state index contributed by atoms with van der Waals surface area (Å²) in [6.45, 7) is 17.1. The van der Waals surface area contributed by atoms with Crippen LogP contribution in [0.5, 0.6) is 0 Å². The van der Waals surface area contributed by atoms with Gasteiger partial charge in [-0.3, -0.25) is 0 Å². The number of hydrogen-bond acceptors (Lipinski definition) is 0. The first kappa shape index (κ1) is 25.0. The fourth-order valence-electron chi connectivity index (χ4n) is 1.15. The molecule has 0 saturated heterocycles. The largest absolute Gasteiger partial charge is 0.0683 e. The van der Waals surface area contributed by atoms with Gasteiger partial charge in [-0.25, -0.2) is 0 Å². The van der Waals surface area contributed by atoms with Crippen molar-refractivity contribution in [3.63, 3.8) is 0 Å². The molecule has 0 unspecified atom stereocenters. The molecule has 2 saturated carbocycles. The van der Waals surface area contributed by atoms with Crippen molar-refractivity contribution in [3.05, 3.63) is 0 Å². The molecule has 2 aliphatic rings. The molecule has 0 aromatic carbocycles. The van der Waals surface area contributed by atoms with Crippen LogP contribution in [0.1, 0.15) is 120 Å². The van der Waals surface area contributed by atoms with E-state index in [0.29, 0.717) is 0 Å². The molecule has 0 spiro atoms. The zero-order chi connectivity index (χ0) is 16.2. The molecule has 2 rings (SSSR count). The Balaban J connectivity index is -0.000000189. The Morgan fingerprint density at radius 1 is 0.700 bits per heavy atom. The zero-order valence-corrected chi connectivity index (χ0v) is 16.2. The van der Waals surface area contributed by atoms with Crippen molar-refractivity contribution in [2.45, 2.75) is 120 Å². The normalized spacial score (nSPS) is 15.4. The molecular formula is C20H46. The summed E-state index contributed by atoms with van der Waals surface area (Å²) in [5.74, 6) is 1.95. The van der Waals surface area contributed by atoms with Crippen LogP contribution < -0.4 is 0 Å². The maximum absolute atomic E-state index is 2.28. The molecule has 0 nitrogen and oxygen atoms in total. The van der Waals surface area contributed by atoms with E-state index in [4.69, 9.17) is 0 Å². The van der Waals surface area contributed by atoms with Gasteiger partial charge in [0.05, 0.1) is 0 Å². The van der Waals surface area contributed by atoms with Gasteiger partial charge < -0.3 is 0 Å².